The number of phenols is 1. The van der Waals surface area contributed by atoms with Crippen molar-refractivity contribution in [3.05, 3.63) is 27.7 Å². The maximum absolute atomic E-state index is 10.5. The monoisotopic (exact) mass is 315 g/mol. The van der Waals surface area contributed by atoms with Gasteiger partial charge in [-0.05, 0) is 30.0 Å². The van der Waals surface area contributed by atoms with Crippen LogP contribution in [0.1, 0.15) is 49.8 Å². The first-order chi connectivity index (χ1) is 8.32. The van der Waals surface area contributed by atoms with Crippen molar-refractivity contribution in [3.8, 4) is 5.75 Å². The third-order valence-corrected chi connectivity index (χ3v) is 3.52. The van der Waals surface area contributed by atoms with Crippen molar-refractivity contribution in [1.82, 2.24) is 0 Å². The van der Waals surface area contributed by atoms with Crippen molar-refractivity contribution in [3.63, 3.8) is 0 Å². The molecule has 0 saturated heterocycles. The number of aromatic hydroxyl groups is 1. The van der Waals surface area contributed by atoms with E-state index >= 15 is 0 Å². The number of carboxylic acids is 1. The molecule has 1 aromatic carbocycles. The van der Waals surface area contributed by atoms with E-state index in [4.69, 9.17) is 10.8 Å². The fraction of sp³-hybridized carbons (Fsp3) is 0.462. The fourth-order valence-electron chi connectivity index (χ4n) is 1.77. The molecule has 1 atom stereocenters. The molecule has 0 saturated carbocycles. The number of hydrogen-bond acceptors (Lipinski definition) is 3. The van der Waals surface area contributed by atoms with E-state index in [9.17, 15) is 9.90 Å². The molecule has 5 heteroatoms. The predicted molar refractivity (Wildman–Crippen MR) is 73.7 cm³/mol. The zero-order valence-electron chi connectivity index (χ0n) is 10.5. The van der Waals surface area contributed by atoms with E-state index in [1.54, 1.807) is 12.1 Å². The summed E-state index contributed by atoms with van der Waals surface area (Å²) in [4.78, 5) is 10.5. The molecule has 0 bridgehead atoms. The third kappa shape index (κ3) is 3.71. The number of phenolic OH excluding ortho intramolecular Hbond substituents is 1. The topological polar surface area (TPSA) is 83.5 Å². The number of benzene rings is 1. The maximum Gasteiger partial charge on any atom is 0.303 e. The second-order valence-electron chi connectivity index (χ2n) is 4.63. The molecule has 1 rings (SSSR count). The fourth-order valence-corrected chi connectivity index (χ4v) is 2.59. The van der Waals surface area contributed by atoms with Crippen molar-refractivity contribution in [2.45, 2.75) is 38.6 Å². The van der Waals surface area contributed by atoms with Crippen LogP contribution >= 0.6 is 15.9 Å². The van der Waals surface area contributed by atoms with E-state index in [2.05, 4.69) is 15.9 Å². The molecule has 1 unspecified atom stereocenters. The van der Waals surface area contributed by atoms with Gasteiger partial charge in [-0.1, -0.05) is 29.8 Å². The maximum atomic E-state index is 10.5. The van der Waals surface area contributed by atoms with Crippen molar-refractivity contribution >= 4 is 21.9 Å². The number of halogens is 1. The summed E-state index contributed by atoms with van der Waals surface area (Å²) in [5, 5.41) is 18.6. The first-order valence-electron chi connectivity index (χ1n) is 5.82. The molecule has 0 heterocycles. The van der Waals surface area contributed by atoms with E-state index in [1.165, 1.54) is 0 Å². The molecular formula is C13H18BrNO3. The lowest BCUT2D eigenvalue weighted by atomic mass is 9.96. The van der Waals surface area contributed by atoms with Crippen LogP contribution in [-0.2, 0) is 4.79 Å². The number of carbonyl (C=O) groups is 1. The highest BCUT2D eigenvalue weighted by Gasteiger charge is 2.16. The minimum Gasteiger partial charge on any atom is -0.508 e. The average Bonchev–Trinajstić information content (AvgIpc) is 2.28. The van der Waals surface area contributed by atoms with Gasteiger partial charge >= 0.3 is 5.97 Å². The molecule has 1 aromatic rings. The predicted octanol–water partition coefficient (Wildman–Crippen LogP) is 3.14. The van der Waals surface area contributed by atoms with E-state index in [1.807, 2.05) is 13.8 Å². The lowest BCUT2D eigenvalue weighted by Gasteiger charge is -2.16. The molecule has 4 nitrogen and oxygen atoms in total. The third-order valence-electron chi connectivity index (χ3n) is 2.84. The van der Waals surface area contributed by atoms with E-state index in [-0.39, 0.29) is 18.1 Å². The Balaban J connectivity index is 2.96. The Morgan fingerprint density at radius 2 is 2.00 bits per heavy atom. The van der Waals surface area contributed by atoms with Crippen LogP contribution in [0.15, 0.2) is 16.6 Å². The smallest absolute Gasteiger partial charge is 0.303 e. The van der Waals surface area contributed by atoms with Crippen molar-refractivity contribution in [2.75, 3.05) is 0 Å². The summed E-state index contributed by atoms with van der Waals surface area (Å²) < 4.78 is 0.885. The molecule has 0 amide bonds. The number of rotatable bonds is 5. The van der Waals surface area contributed by atoms with Gasteiger partial charge in [0.15, 0.2) is 0 Å². The lowest BCUT2D eigenvalue weighted by Crippen LogP contribution is -2.13. The molecule has 4 N–H and O–H groups in total. The minimum atomic E-state index is -0.886. The average molecular weight is 316 g/mol. The van der Waals surface area contributed by atoms with Gasteiger partial charge < -0.3 is 15.9 Å². The van der Waals surface area contributed by atoms with Crippen LogP contribution in [0.3, 0.4) is 0 Å². The quantitative estimate of drug-likeness (QED) is 0.779. The van der Waals surface area contributed by atoms with E-state index in [0.29, 0.717) is 12.0 Å². The number of carboxylic acid groups (broad SMARTS) is 1. The molecule has 0 aromatic heterocycles. The van der Waals surface area contributed by atoms with Gasteiger partial charge in [0, 0.05) is 22.5 Å². The molecule has 0 aliphatic carbocycles. The van der Waals surface area contributed by atoms with Gasteiger partial charge in [0.05, 0.1) is 0 Å². The summed E-state index contributed by atoms with van der Waals surface area (Å²) in [5.41, 5.74) is 7.47. The Kier molecular flexibility index (Phi) is 5.16. The van der Waals surface area contributed by atoms with Crippen LogP contribution in [0, 0.1) is 0 Å². The largest absolute Gasteiger partial charge is 0.508 e. The second-order valence-corrected chi connectivity index (χ2v) is 5.48. The molecule has 0 spiro atoms. The number of aliphatic carboxylic acids is 1. The zero-order chi connectivity index (χ0) is 13.9. The summed E-state index contributed by atoms with van der Waals surface area (Å²) >= 11 is 3.45. The summed E-state index contributed by atoms with van der Waals surface area (Å²) in [6.45, 7) is 4.06. The summed E-state index contributed by atoms with van der Waals surface area (Å²) in [5.74, 6) is -0.475. The normalized spacial score (nSPS) is 12.7. The van der Waals surface area contributed by atoms with Crippen molar-refractivity contribution < 1.29 is 15.0 Å². The van der Waals surface area contributed by atoms with Crippen LogP contribution in [0.2, 0.25) is 0 Å². The van der Waals surface area contributed by atoms with Gasteiger partial charge in [0.1, 0.15) is 5.75 Å². The van der Waals surface area contributed by atoms with Gasteiger partial charge in [0.25, 0.3) is 0 Å². The van der Waals surface area contributed by atoms with Gasteiger partial charge in [-0.3, -0.25) is 4.79 Å². The Bertz CT molecular complexity index is 446. The van der Waals surface area contributed by atoms with Crippen LogP contribution in [0.4, 0.5) is 0 Å². The Morgan fingerprint density at radius 1 is 1.39 bits per heavy atom. The Morgan fingerprint density at radius 3 is 2.50 bits per heavy atom. The van der Waals surface area contributed by atoms with Crippen molar-refractivity contribution in [1.29, 1.82) is 0 Å². The first kappa shape index (κ1) is 15.0. The molecule has 100 valence electrons. The highest BCUT2D eigenvalue weighted by Crippen LogP contribution is 2.34. The molecule has 0 radical (unpaired) electrons. The van der Waals surface area contributed by atoms with Gasteiger partial charge in [-0.15, -0.1) is 0 Å². The Labute approximate surface area is 115 Å². The van der Waals surface area contributed by atoms with Gasteiger partial charge in [-0.25, -0.2) is 0 Å². The van der Waals surface area contributed by atoms with Crippen LogP contribution < -0.4 is 5.73 Å². The lowest BCUT2D eigenvalue weighted by molar-refractivity contribution is -0.137. The highest BCUT2D eigenvalue weighted by atomic mass is 79.9. The summed E-state index contributed by atoms with van der Waals surface area (Å²) in [6.07, 6.45) is 0.292. The molecule has 18 heavy (non-hydrogen) atoms. The summed E-state index contributed by atoms with van der Waals surface area (Å²) in [7, 11) is 0. The molecule has 0 aliphatic heterocycles. The first-order valence-corrected chi connectivity index (χ1v) is 6.62. The van der Waals surface area contributed by atoms with Gasteiger partial charge in [-0.2, -0.15) is 0 Å². The van der Waals surface area contributed by atoms with Crippen molar-refractivity contribution in [2.24, 2.45) is 5.73 Å². The van der Waals surface area contributed by atoms with E-state index < -0.39 is 12.0 Å². The van der Waals surface area contributed by atoms with Crippen LogP contribution in [0.5, 0.6) is 5.75 Å². The second kappa shape index (κ2) is 6.20. The molecule has 0 aliphatic rings. The number of hydrogen-bond donors (Lipinski definition) is 3. The van der Waals surface area contributed by atoms with Crippen LogP contribution in [-0.4, -0.2) is 16.2 Å². The van der Waals surface area contributed by atoms with Crippen LogP contribution in [0.25, 0.3) is 0 Å². The zero-order valence-corrected chi connectivity index (χ0v) is 12.1. The van der Waals surface area contributed by atoms with E-state index in [0.717, 1.165) is 10.0 Å². The number of nitrogens with two attached hydrogens (primary N) is 1. The van der Waals surface area contributed by atoms with Gasteiger partial charge in [0.2, 0.25) is 0 Å². The molecular weight excluding hydrogens is 298 g/mol. The Hall–Kier alpha value is -1.07. The standard InChI is InChI=1S/C13H18BrNO3/c1-7(2)8-6-12(16)9(5-10(8)14)11(15)3-4-13(17)18/h5-7,11,16H,3-4,15H2,1-2H3,(H,17,18). The minimum absolute atomic E-state index is 0.00976. The summed E-state index contributed by atoms with van der Waals surface area (Å²) in [6, 6.07) is 2.99. The highest BCUT2D eigenvalue weighted by molar-refractivity contribution is 9.10. The SMILES string of the molecule is CC(C)c1cc(O)c(C(N)CCC(=O)O)cc1Br. The molecule has 0 fully saturated rings.